The zero-order valence-electron chi connectivity index (χ0n) is 13.5. The van der Waals surface area contributed by atoms with Gasteiger partial charge in [0.25, 0.3) is 0 Å². The lowest BCUT2D eigenvalue weighted by atomic mass is 9.92. The fourth-order valence-electron chi connectivity index (χ4n) is 2.36. The fraction of sp³-hybridized carbons (Fsp3) is 1.00. The Kier molecular flexibility index (Phi) is 6.74. The van der Waals surface area contributed by atoms with E-state index in [9.17, 15) is 5.11 Å². The van der Waals surface area contributed by atoms with Crippen LogP contribution in [0.1, 0.15) is 27.2 Å². The second-order valence-electron chi connectivity index (χ2n) is 7.33. The molecule has 0 aromatic carbocycles. The van der Waals surface area contributed by atoms with Crippen molar-refractivity contribution in [1.29, 1.82) is 0 Å². The Morgan fingerprint density at radius 2 is 1.74 bits per heavy atom. The van der Waals surface area contributed by atoms with E-state index in [-0.39, 0.29) is 6.10 Å². The molecule has 0 aromatic heterocycles. The van der Waals surface area contributed by atoms with Crippen LogP contribution in [0.5, 0.6) is 0 Å². The largest absolute Gasteiger partial charge is 0.390 e. The summed E-state index contributed by atoms with van der Waals surface area (Å²) >= 11 is 0. The molecule has 4 heteroatoms. The van der Waals surface area contributed by atoms with Crippen LogP contribution in [0, 0.1) is 5.41 Å². The van der Waals surface area contributed by atoms with Crippen molar-refractivity contribution in [2.45, 2.75) is 33.3 Å². The van der Waals surface area contributed by atoms with Gasteiger partial charge >= 0.3 is 0 Å². The van der Waals surface area contributed by atoms with Crippen LogP contribution in [0.4, 0.5) is 0 Å². The van der Waals surface area contributed by atoms with Gasteiger partial charge in [-0.1, -0.05) is 20.8 Å². The highest BCUT2D eigenvalue weighted by molar-refractivity contribution is 4.74. The molecule has 1 unspecified atom stereocenters. The van der Waals surface area contributed by atoms with Crippen LogP contribution in [0.3, 0.4) is 0 Å². The molecule has 1 aliphatic rings. The molecule has 0 saturated carbocycles. The highest BCUT2D eigenvalue weighted by Gasteiger charge is 2.18. The Labute approximate surface area is 119 Å². The molecule has 1 atom stereocenters. The second-order valence-corrected chi connectivity index (χ2v) is 7.33. The van der Waals surface area contributed by atoms with Crippen LogP contribution in [-0.2, 0) is 0 Å². The molecule has 1 N–H and O–H groups in total. The molecule has 4 nitrogen and oxygen atoms in total. The Hall–Kier alpha value is -0.160. The van der Waals surface area contributed by atoms with Gasteiger partial charge in [0.05, 0.1) is 6.10 Å². The average Bonchev–Trinajstić information content (AvgIpc) is 2.29. The first kappa shape index (κ1) is 16.9. The third-order valence-electron chi connectivity index (χ3n) is 3.83. The van der Waals surface area contributed by atoms with Crippen molar-refractivity contribution in [3.63, 3.8) is 0 Å². The van der Waals surface area contributed by atoms with E-state index >= 15 is 0 Å². The maximum atomic E-state index is 10.2. The Morgan fingerprint density at radius 1 is 1.16 bits per heavy atom. The van der Waals surface area contributed by atoms with E-state index in [1.54, 1.807) is 0 Å². The van der Waals surface area contributed by atoms with Gasteiger partial charge in [-0.15, -0.1) is 0 Å². The first-order valence-corrected chi connectivity index (χ1v) is 7.54. The zero-order valence-corrected chi connectivity index (χ0v) is 13.5. The summed E-state index contributed by atoms with van der Waals surface area (Å²) in [5, 5.41) is 10.2. The van der Waals surface area contributed by atoms with Crippen molar-refractivity contribution in [2.75, 3.05) is 59.9 Å². The van der Waals surface area contributed by atoms with Crippen molar-refractivity contribution in [2.24, 2.45) is 5.41 Å². The minimum atomic E-state index is -0.228. The summed E-state index contributed by atoms with van der Waals surface area (Å²) in [4.78, 5) is 6.98. The number of hydrogen-bond acceptors (Lipinski definition) is 4. The van der Waals surface area contributed by atoms with Gasteiger partial charge in [0.15, 0.2) is 0 Å². The Bertz CT molecular complexity index is 244. The van der Waals surface area contributed by atoms with E-state index in [0.29, 0.717) is 5.41 Å². The monoisotopic (exact) mass is 271 g/mol. The predicted octanol–water partition coefficient (Wildman–Crippen LogP) is 0.963. The summed E-state index contributed by atoms with van der Waals surface area (Å²) in [7, 11) is 4.27. The van der Waals surface area contributed by atoms with Gasteiger partial charge in [-0.05, 0) is 32.5 Å². The van der Waals surface area contributed by atoms with Gasteiger partial charge in [-0.25, -0.2) is 0 Å². The third-order valence-corrected chi connectivity index (χ3v) is 3.83. The lowest BCUT2D eigenvalue weighted by Crippen LogP contribution is -2.48. The summed E-state index contributed by atoms with van der Waals surface area (Å²) in [6.45, 7) is 13.8. The number of piperazine rings is 1. The fourth-order valence-corrected chi connectivity index (χ4v) is 2.36. The molecule has 0 bridgehead atoms. The summed E-state index contributed by atoms with van der Waals surface area (Å²) < 4.78 is 0. The van der Waals surface area contributed by atoms with Gasteiger partial charge in [0.2, 0.25) is 0 Å². The smallest absolute Gasteiger partial charge is 0.0793 e. The molecular formula is C15H33N3O. The minimum absolute atomic E-state index is 0.228. The molecule has 1 saturated heterocycles. The van der Waals surface area contributed by atoms with E-state index in [1.807, 2.05) is 0 Å². The zero-order chi connectivity index (χ0) is 14.5. The molecule has 1 rings (SSSR count). The number of likely N-dealkylation sites (N-methyl/N-ethyl adjacent to an activating group) is 2. The molecule has 0 aliphatic carbocycles. The minimum Gasteiger partial charge on any atom is -0.390 e. The van der Waals surface area contributed by atoms with Crippen LogP contribution in [0.2, 0.25) is 0 Å². The lowest BCUT2D eigenvalue weighted by molar-refractivity contribution is 0.0587. The molecule has 0 spiro atoms. The van der Waals surface area contributed by atoms with Crippen molar-refractivity contribution in [3.05, 3.63) is 0 Å². The van der Waals surface area contributed by atoms with Crippen molar-refractivity contribution in [1.82, 2.24) is 14.7 Å². The number of nitrogens with zero attached hydrogens (tertiary/aromatic N) is 3. The van der Waals surface area contributed by atoms with Crippen molar-refractivity contribution < 1.29 is 5.11 Å². The number of aliphatic hydroxyl groups excluding tert-OH is 1. The molecule has 0 radical (unpaired) electrons. The predicted molar refractivity (Wildman–Crippen MR) is 81.5 cm³/mol. The first-order valence-electron chi connectivity index (χ1n) is 7.54. The normalized spacial score (nSPS) is 21.0. The number of hydrogen-bond donors (Lipinski definition) is 1. The topological polar surface area (TPSA) is 30.0 Å². The average molecular weight is 271 g/mol. The molecule has 0 aromatic rings. The maximum absolute atomic E-state index is 10.2. The SMILES string of the molecule is CN1CCN(CC(O)CN(C)CCC(C)(C)C)CC1. The Balaban J connectivity index is 2.17. The summed E-state index contributed by atoms with van der Waals surface area (Å²) in [6, 6.07) is 0. The lowest BCUT2D eigenvalue weighted by Gasteiger charge is -2.34. The molecule has 1 fully saturated rings. The number of aliphatic hydroxyl groups is 1. The third kappa shape index (κ3) is 7.88. The molecule has 114 valence electrons. The first-order chi connectivity index (χ1) is 8.76. The van der Waals surface area contributed by atoms with E-state index in [0.717, 1.165) is 45.8 Å². The van der Waals surface area contributed by atoms with Gasteiger partial charge in [0.1, 0.15) is 0 Å². The van der Waals surface area contributed by atoms with E-state index < -0.39 is 0 Å². The van der Waals surface area contributed by atoms with Gasteiger partial charge in [-0.2, -0.15) is 0 Å². The van der Waals surface area contributed by atoms with Crippen LogP contribution in [0.15, 0.2) is 0 Å². The summed E-state index contributed by atoms with van der Waals surface area (Å²) in [5.74, 6) is 0. The Morgan fingerprint density at radius 3 is 2.26 bits per heavy atom. The van der Waals surface area contributed by atoms with Crippen LogP contribution in [0.25, 0.3) is 0 Å². The van der Waals surface area contributed by atoms with E-state index in [1.165, 1.54) is 6.42 Å². The molecule has 1 heterocycles. The van der Waals surface area contributed by atoms with Gasteiger partial charge in [0, 0.05) is 39.3 Å². The van der Waals surface area contributed by atoms with E-state index in [2.05, 4.69) is 49.6 Å². The highest BCUT2D eigenvalue weighted by Crippen LogP contribution is 2.18. The molecule has 19 heavy (non-hydrogen) atoms. The molecule has 1 aliphatic heterocycles. The molecular weight excluding hydrogens is 238 g/mol. The summed E-state index contributed by atoms with van der Waals surface area (Å²) in [6.07, 6.45) is 0.943. The van der Waals surface area contributed by atoms with Crippen LogP contribution in [-0.4, -0.2) is 85.8 Å². The maximum Gasteiger partial charge on any atom is 0.0793 e. The van der Waals surface area contributed by atoms with Gasteiger partial charge in [-0.3, -0.25) is 4.90 Å². The molecule has 0 amide bonds. The van der Waals surface area contributed by atoms with Crippen LogP contribution >= 0.6 is 0 Å². The van der Waals surface area contributed by atoms with E-state index in [4.69, 9.17) is 0 Å². The number of β-amino-alcohol motifs (C(OH)–C–C–N with tert-alkyl or cyclic N) is 1. The number of rotatable bonds is 6. The van der Waals surface area contributed by atoms with Gasteiger partial charge < -0.3 is 14.9 Å². The van der Waals surface area contributed by atoms with Crippen molar-refractivity contribution >= 4 is 0 Å². The van der Waals surface area contributed by atoms with Crippen LogP contribution < -0.4 is 0 Å². The highest BCUT2D eigenvalue weighted by atomic mass is 16.3. The second kappa shape index (κ2) is 7.58. The standard InChI is InChI=1S/C15H33N3O/c1-15(2,3)6-7-17(5)12-14(19)13-18-10-8-16(4)9-11-18/h14,19H,6-13H2,1-5H3. The quantitative estimate of drug-likeness (QED) is 0.779. The summed E-state index contributed by atoms with van der Waals surface area (Å²) in [5.41, 5.74) is 0.372. The van der Waals surface area contributed by atoms with Crippen molar-refractivity contribution in [3.8, 4) is 0 Å².